The lowest BCUT2D eigenvalue weighted by atomic mass is 10.1. The molecule has 0 aliphatic rings. The van der Waals surface area contributed by atoms with Crippen molar-refractivity contribution in [3.8, 4) is 11.5 Å². The number of rotatable bonds is 7. The van der Waals surface area contributed by atoms with Gasteiger partial charge < -0.3 is 19.5 Å². The molecule has 0 fully saturated rings. The highest BCUT2D eigenvalue weighted by Gasteiger charge is 2.23. The van der Waals surface area contributed by atoms with Crippen molar-refractivity contribution >= 4 is 23.2 Å². The molecule has 0 saturated heterocycles. The number of ether oxygens (including phenoxy) is 3. The monoisotopic (exact) mass is 349 g/mol. The maximum absolute atomic E-state index is 12.7. The standard InChI is InChI=1S/C17H19NO5S/c1-21-13-7-4-6-11(16(13)23-3)17(20)18-12(10-15(19)22-2)14-8-5-9-24-14/h4-9,12H,10H2,1-3H3,(H,18,20)/t12-/m0/s1. The van der Waals surface area contributed by atoms with E-state index in [0.717, 1.165) is 4.88 Å². The van der Waals surface area contributed by atoms with Crippen molar-refractivity contribution in [1.82, 2.24) is 5.32 Å². The predicted molar refractivity (Wildman–Crippen MR) is 90.7 cm³/mol. The van der Waals surface area contributed by atoms with Crippen LogP contribution in [0.15, 0.2) is 35.7 Å². The van der Waals surface area contributed by atoms with Gasteiger partial charge in [0.05, 0.1) is 39.4 Å². The number of para-hydroxylation sites is 1. The summed E-state index contributed by atoms with van der Waals surface area (Å²) in [5, 5.41) is 4.75. The van der Waals surface area contributed by atoms with E-state index in [9.17, 15) is 9.59 Å². The van der Waals surface area contributed by atoms with E-state index in [1.165, 1.54) is 32.7 Å². The Labute approximate surface area is 144 Å². The van der Waals surface area contributed by atoms with Crippen molar-refractivity contribution in [2.45, 2.75) is 12.5 Å². The fourth-order valence-corrected chi connectivity index (χ4v) is 3.04. The Kier molecular flexibility index (Phi) is 6.20. The Morgan fingerprint density at radius 1 is 1.12 bits per heavy atom. The molecular formula is C17H19NO5S. The van der Waals surface area contributed by atoms with Crippen molar-refractivity contribution in [1.29, 1.82) is 0 Å². The summed E-state index contributed by atoms with van der Waals surface area (Å²) >= 11 is 1.46. The maximum atomic E-state index is 12.7. The van der Waals surface area contributed by atoms with E-state index in [4.69, 9.17) is 14.2 Å². The number of hydrogen-bond donors (Lipinski definition) is 1. The van der Waals surface area contributed by atoms with E-state index in [1.54, 1.807) is 18.2 Å². The van der Waals surface area contributed by atoms with Crippen LogP contribution in [0.25, 0.3) is 0 Å². The number of carbonyl (C=O) groups excluding carboxylic acids is 2. The van der Waals surface area contributed by atoms with E-state index >= 15 is 0 Å². The Hall–Kier alpha value is -2.54. The predicted octanol–water partition coefficient (Wildman–Crippen LogP) is 2.80. The minimum absolute atomic E-state index is 0.0506. The molecule has 0 spiro atoms. The molecule has 128 valence electrons. The lowest BCUT2D eigenvalue weighted by Crippen LogP contribution is -2.30. The fourth-order valence-electron chi connectivity index (χ4n) is 2.26. The van der Waals surface area contributed by atoms with Crippen molar-refractivity contribution in [2.75, 3.05) is 21.3 Å². The minimum atomic E-state index is -0.471. The van der Waals surface area contributed by atoms with Crippen LogP contribution in [0.1, 0.15) is 27.7 Å². The van der Waals surface area contributed by atoms with E-state index in [-0.39, 0.29) is 12.3 Å². The van der Waals surface area contributed by atoms with Crippen LogP contribution in [0.3, 0.4) is 0 Å². The highest BCUT2D eigenvalue weighted by Crippen LogP contribution is 2.31. The number of methoxy groups -OCH3 is 3. The lowest BCUT2D eigenvalue weighted by molar-refractivity contribution is -0.141. The molecule has 0 saturated carbocycles. The molecule has 1 atom stereocenters. The highest BCUT2D eigenvalue weighted by atomic mass is 32.1. The average molecular weight is 349 g/mol. The molecule has 0 aliphatic carbocycles. The zero-order valence-electron chi connectivity index (χ0n) is 13.7. The van der Waals surface area contributed by atoms with Crippen LogP contribution in [0, 0.1) is 0 Å². The molecule has 1 heterocycles. The minimum Gasteiger partial charge on any atom is -0.493 e. The van der Waals surface area contributed by atoms with Crippen molar-refractivity contribution in [3.05, 3.63) is 46.2 Å². The summed E-state index contributed by atoms with van der Waals surface area (Å²) in [7, 11) is 4.30. The van der Waals surface area contributed by atoms with Crippen LogP contribution in [0.4, 0.5) is 0 Å². The number of hydrogen-bond acceptors (Lipinski definition) is 6. The average Bonchev–Trinajstić information content (AvgIpc) is 3.14. The molecule has 7 heteroatoms. The number of esters is 1. The summed E-state index contributed by atoms with van der Waals surface area (Å²) in [6.45, 7) is 0. The molecular weight excluding hydrogens is 330 g/mol. The normalized spacial score (nSPS) is 11.5. The van der Waals surface area contributed by atoms with Crippen molar-refractivity contribution in [2.24, 2.45) is 0 Å². The largest absolute Gasteiger partial charge is 0.493 e. The third-order valence-electron chi connectivity index (χ3n) is 3.44. The fraction of sp³-hybridized carbons (Fsp3) is 0.294. The molecule has 1 aromatic carbocycles. The van der Waals surface area contributed by atoms with Crippen LogP contribution in [0.2, 0.25) is 0 Å². The quantitative estimate of drug-likeness (QED) is 0.778. The van der Waals surface area contributed by atoms with Crippen LogP contribution >= 0.6 is 11.3 Å². The molecule has 6 nitrogen and oxygen atoms in total. The second kappa shape index (κ2) is 8.35. The second-order valence-corrected chi connectivity index (χ2v) is 5.84. The summed E-state index contributed by atoms with van der Waals surface area (Å²) < 4.78 is 15.2. The number of carbonyl (C=O) groups is 2. The lowest BCUT2D eigenvalue weighted by Gasteiger charge is -2.18. The summed E-state index contributed by atoms with van der Waals surface area (Å²) in [4.78, 5) is 25.2. The van der Waals surface area contributed by atoms with Crippen LogP contribution < -0.4 is 14.8 Å². The first-order valence-corrected chi connectivity index (χ1v) is 8.10. The Morgan fingerprint density at radius 2 is 1.92 bits per heavy atom. The molecule has 0 radical (unpaired) electrons. The topological polar surface area (TPSA) is 73.9 Å². The van der Waals surface area contributed by atoms with E-state index in [1.807, 2.05) is 17.5 Å². The van der Waals surface area contributed by atoms with Gasteiger partial charge in [0.25, 0.3) is 5.91 Å². The SMILES string of the molecule is COC(=O)C[C@H](NC(=O)c1cccc(OC)c1OC)c1cccs1. The van der Waals surface area contributed by atoms with Crippen LogP contribution in [-0.2, 0) is 9.53 Å². The van der Waals surface area contributed by atoms with Gasteiger partial charge in [0.2, 0.25) is 0 Å². The molecule has 0 aliphatic heterocycles. The zero-order valence-corrected chi connectivity index (χ0v) is 14.5. The maximum Gasteiger partial charge on any atom is 0.307 e. The third kappa shape index (κ3) is 4.05. The van der Waals surface area contributed by atoms with Gasteiger partial charge in [-0.15, -0.1) is 11.3 Å². The molecule has 1 N–H and O–H groups in total. The number of nitrogens with one attached hydrogen (secondary N) is 1. The molecule has 1 amide bonds. The van der Waals surface area contributed by atoms with Gasteiger partial charge in [0.1, 0.15) is 0 Å². The molecule has 2 rings (SSSR count). The van der Waals surface area contributed by atoms with Crippen LogP contribution in [-0.4, -0.2) is 33.2 Å². The van der Waals surface area contributed by atoms with Gasteiger partial charge in [-0.25, -0.2) is 0 Å². The van der Waals surface area contributed by atoms with E-state index in [0.29, 0.717) is 17.1 Å². The van der Waals surface area contributed by atoms with Crippen molar-refractivity contribution in [3.63, 3.8) is 0 Å². The first-order chi connectivity index (χ1) is 11.6. The van der Waals surface area contributed by atoms with Gasteiger partial charge in [-0.2, -0.15) is 0 Å². The molecule has 0 unspecified atom stereocenters. The summed E-state index contributed by atoms with van der Waals surface area (Å²) in [5.41, 5.74) is 0.336. The van der Waals surface area contributed by atoms with Crippen molar-refractivity contribution < 1.29 is 23.8 Å². The molecule has 2 aromatic rings. The first kappa shape index (κ1) is 17.8. The van der Waals surface area contributed by atoms with E-state index < -0.39 is 12.0 Å². The highest BCUT2D eigenvalue weighted by molar-refractivity contribution is 7.10. The number of benzene rings is 1. The number of thiophene rings is 1. The molecule has 1 aromatic heterocycles. The van der Waals surface area contributed by atoms with Gasteiger partial charge in [-0.3, -0.25) is 9.59 Å². The Bertz CT molecular complexity index is 699. The third-order valence-corrected chi connectivity index (χ3v) is 4.42. The second-order valence-electron chi connectivity index (χ2n) is 4.86. The molecule has 0 bridgehead atoms. The summed E-state index contributed by atoms with van der Waals surface area (Å²) in [5.74, 6) is 0.0608. The summed E-state index contributed by atoms with van der Waals surface area (Å²) in [6, 6.07) is 8.31. The Morgan fingerprint density at radius 3 is 2.50 bits per heavy atom. The van der Waals surface area contributed by atoms with Gasteiger partial charge in [-0.1, -0.05) is 12.1 Å². The number of amides is 1. The Balaban J connectivity index is 2.26. The zero-order chi connectivity index (χ0) is 17.5. The first-order valence-electron chi connectivity index (χ1n) is 7.22. The smallest absolute Gasteiger partial charge is 0.307 e. The summed E-state index contributed by atoms with van der Waals surface area (Å²) in [6.07, 6.45) is 0.0506. The van der Waals surface area contributed by atoms with Crippen LogP contribution in [0.5, 0.6) is 11.5 Å². The van der Waals surface area contributed by atoms with E-state index in [2.05, 4.69) is 5.32 Å². The van der Waals surface area contributed by atoms with Gasteiger partial charge in [0, 0.05) is 4.88 Å². The van der Waals surface area contributed by atoms with Gasteiger partial charge >= 0.3 is 5.97 Å². The van der Waals surface area contributed by atoms with Gasteiger partial charge in [0.15, 0.2) is 11.5 Å². The molecule has 24 heavy (non-hydrogen) atoms. The van der Waals surface area contributed by atoms with Gasteiger partial charge in [-0.05, 0) is 23.6 Å².